The van der Waals surface area contributed by atoms with E-state index in [2.05, 4.69) is 20.1 Å². The monoisotopic (exact) mass is 370 g/mol. The number of hydrogen-bond donors (Lipinski definition) is 1. The van der Waals surface area contributed by atoms with Crippen molar-refractivity contribution in [2.45, 2.75) is 57.4 Å². The van der Waals surface area contributed by atoms with Crippen molar-refractivity contribution in [3.8, 4) is 0 Å². The molecule has 3 heterocycles. The van der Waals surface area contributed by atoms with E-state index < -0.39 is 0 Å². The number of nitrogens with one attached hydrogen (secondary N) is 1. The molecule has 0 aromatic carbocycles. The molecule has 2 amide bonds. The Kier molecular flexibility index (Phi) is 5.06. The van der Waals surface area contributed by atoms with Gasteiger partial charge in [-0.15, -0.1) is 0 Å². The van der Waals surface area contributed by atoms with Gasteiger partial charge in [-0.3, -0.25) is 9.59 Å². The average Bonchev–Trinajstić information content (AvgIpc) is 3.24. The minimum absolute atomic E-state index is 0.0824. The van der Waals surface area contributed by atoms with Crippen molar-refractivity contribution in [2.24, 2.45) is 5.41 Å². The molecule has 3 fully saturated rings. The van der Waals surface area contributed by atoms with Gasteiger partial charge in [0.2, 0.25) is 5.91 Å². The third-order valence-corrected chi connectivity index (χ3v) is 6.68. The molecular weight excluding hydrogens is 340 g/mol. The van der Waals surface area contributed by atoms with Crippen LogP contribution in [-0.2, 0) is 4.79 Å². The van der Waals surface area contributed by atoms with Crippen molar-refractivity contribution in [3.63, 3.8) is 0 Å². The number of pyridine rings is 1. The van der Waals surface area contributed by atoms with Crippen LogP contribution in [0.4, 0.5) is 5.82 Å². The molecule has 1 saturated carbocycles. The molecule has 1 spiro atoms. The maximum absolute atomic E-state index is 12.6. The summed E-state index contributed by atoms with van der Waals surface area (Å²) in [6, 6.07) is 4.10. The summed E-state index contributed by atoms with van der Waals surface area (Å²) in [6.07, 6.45) is 10.5. The fourth-order valence-corrected chi connectivity index (χ4v) is 5.21. The number of piperidine rings is 2. The van der Waals surface area contributed by atoms with Gasteiger partial charge in [0.15, 0.2) is 0 Å². The van der Waals surface area contributed by atoms with Crippen LogP contribution in [-0.4, -0.2) is 54.4 Å². The van der Waals surface area contributed by atoms with E-state index in [1.54, 1.807) is 19.3 Å². The zero-order valence-electron chi connectivity index (χ0n) is 16.2. The largest absolute Gasteiger partial charge is 0.356 e. The molecule has 1 aliphatic carbocycles. The highest BCUT2D eigenvalue weighted by atomic mass is 16.2. The summed E-state index contributed by atoms with van der Waals surface area (Å²) < 4.78 is 0. The predicted octanol–water partition coefficient (Wildman–Crippen LogP) is 2.59. The second kappa shape index (κ2) is 7.49. The fraction of sp³-hybridized carbons (Fsp3) is 0.667. The number of anilines is 1. The number of carbonyl (C=O) groups excluding carboxylic acids is 2. The minimum Gasteiger partial charge on any atom is -0.356 e. The van der Waals surface area contributed by atoms with Gasteiger partial charge in [-0.2, -0.15) is 0 Å². The van der Waals surface area contributed by atoms with Gasteiger partial charge in [-0.1, -0.05) is 12.8 Å². The van der Waals surface area contributed by atoms with Crippen molar-refractivity contribution in [1.29, 1.82) is 0 Å². The molecule has 6 nitrogen and oxygen atoms in total. The van der Waals surface area contributed by atoms with E-state index in [1.165, 1.54) is 32.1 Å². The van der Waals surface area contributed by atoms with Crippen LogP contribution >= 0.6 is 0 Å². The average molecular weight is 370 g/mol. The van der Waals surface area contributed by atoms with Crippen molar-refractivity contribution in [2.75, 3.05) is 31.6 Å². The van der Waals surface area contributed by atoms with Crippen LogP contribution in [0.1, 0.15) is 61.7 Å². The van der Waals surface area contributed by atoms with Crippen molar-refractivity contribution >= 4 is 17.6 Å². The molecular formula is C21H30N4O2. The Morgan fingerprint density at radius 1 is 1.22 bits per heavy atom. The zero-order valence-corrected chi connectivity index (χ0v) is 16.2. The lowest BCUT2D eigenvalue weighted by molar-refractivity contribution is -0.140. The molecule has 1 N–H and O–H groups in total. The molecule has 27 heavy (non-hydrogen) atoms. The van der Waals surface area contributed by atoms with Crippen LogP contribution < -0.4 is 10.2 Å². The summed E-state index contributed by atoms with van der Waals surface area (Å²) in [7, 11) is 1.65. The minimum atomic E-state index is -0.0824. The van der Waals surface area contributed by atoms with E-state index in [-0.39, 0.29) is 11.3 Å². The van der Waals surface area contributed by atoms with Gasteiger partial charge < -0.3 is 15.1 Å². The van der Waals surface area contributed by atoms with Gasteiger partial charge in [0.05, 0.1) is 0 Å². The van der Waals surface area contributed by atoms with Crippen LogP contribution in [0.2, 0.25) is 0 Å². The molecule has 1 unspecified atom stereocenters. The second-order valence-corrected chi connectivity index (χ2v) is 8.47. The normalized spacial score (nSPS) is 26.6. The number of amides is 2. The number of nitrogens with zero attached hydrogens (tertiary/aromatic N) is 3. The van der Waals surface area contributed by atoms with Crippen LogP contribution in [0.15, 0.2) is 18.3 Å². The summed E-state index contributed by atoms with van der Waals surface area (Å²) in [5, 5.41) is 2.68. The number of likely N-dealkylation sites (tertiary alicyclic amines) is 1. The Balaban J connectivity index is 1.52. The number of aromatic nitrogens is 1. The van der Waals surface area contributed by atoms with E-state index in [4.69, 9.17) is 0 Å². The van der Waals surface area contributed by atoms with Crippen molar-refractivity contribution in [1.82, 2.24) is 15.2 Å². The lowest BCUT2D eigenvalue weighted by atomic mass is 9.73. The molecule has 1 aromatic heterocycles. The highest BCUT2D eigenvalue weighted by Crippen LogP contribution is 2.42. The standard InChI is InChI=1S/C21H30N4O2/c1-22-20(27)16-8-11-23-18(13-16)24-12-4-9-21(14-24)10-7-19(26)25(15-21)17-5-2-3-6-17/h8,11,13,17H,2-7,9-10,12,14-15H2,1H3,(H,22,27). The topological polar surface area (TPSA) is 65.5 Å². The van der Waals surface area contributed by atoms with E-state index >= 15 is 0 Å². The highest BCUT2D eigenvalue weighted by molar-refractivity contribution is 5.94. The lowest BCUT2D eigenvalue weighted by Crippen LogP contribution is -2.56. The van der Waals surface area contributed by atoms with Crippen molar-refractivity contribution < 1.29 is 9.59 Å². The summed E-state index contributed by atoms with van der Waals surface area (Å²) >= 11 is 0. The Bertz CT molecular complexity index is 716. The summed E-state index contributed by atoms with van der Waals surface area (Å²) in [5.74, 6) is 1.14. The first kappa shape index (κ1) is 18.3. The van der Waals surface area contributed by atoms with Gasteiger partial charge in [0.1, 0.15) is 5.82 Å². The molecule has 2 aliphatic heterocycles. The summed E-state index contributed by atoms with van der Waals surface area (Å²) in [4.78, 5) is 33.6. The predicted molar refractivity (Wildman–Crippen MR) is 105 cm³/mol. The zero-order chi connectivity index (χ0) is 18.9. The summed E-state index contributed by atoms with van der Waals surface area (Å²) in [5.41, 5.74) is 0.813. The Labute approximate surface area is 161 Å². The first-order valence-corrected chi connectivity index (χ1v) is 10.3. The van der Waals surface area contributed by atoms with Crippen LogP contribution in [0.3, 0.4) is 0 Å². The first-order valence-electron chi connectivity index (χ1n) is 10.3. The fourth-order valence-electron chi connectivity index (χ4n) is 5.21. The molecule has 1 atom stereocenters. The Morgan fingerprint density at radius 3 is 2.81 bits per heavy atom. The van der Waals surface area contributed by atoms with Gasteiger partial charge in [-0.05, 0) is 44.2 Å². The highest BCUT2D eigenvalue weighted by Gasteiger charge is 2.44. The first-order chi connectivity index (χ1) is 13.1. The molecule has 146 valence electrons. The van der Waals surface area contributed by atoms with E-state index in [1.807, 2.05) is 6.07 Å². The Morgan fingerprint density at radius 2 is 2.04 bits per heavy atom. The van der Waals surface area contributed by atoms with Gasteiger partial charge >= 0.3 is 0 Å². The Hall–Kier alpha value is -2.11. The third kappa shape index (κ3) is 3.66. The lowest BCUT2D eigenvalue weighted by Gasteiger charge is -2.50. The van der Waals surface area contributed by atoms with Crippen LogP contribution in [0.25, 0.3) is 0 Å². The maximum atomic E-state index is 12.6. The molecule has 4 rings (SSSR count). The summed E-state index contributed by atoms with van der Waals surface area (Å²) in [6.45, 7) is 2.78. The second-order valence-electron chi connectivity index (χ2n) is 8.47. The molecule has 0 radical (unpaired) electrons. The number of rotatable bonds is 3. The third-order valence-electron chi connectivity index (χ3n) is 6.68. The van der Waals surface area contributed by atoms with E-state index in [9.17, 15) is 9.59 Å². The number of hydrogen-bond acceptors (Lipinski definition) is 4. The number of carbonyl (C=O) groups is 2. The van der Waals surface area contributed by atoms with E-state index in [0.29, 0.717) is 23.9 Å². The molecule has 3 aliphatic rings. The molecule has 0 bridgehead atoms. The smallest absolute Gasteiger partial charge is 0.251 e. The molecule has 6 heteroatoms. The SMILES string of the molecule is CNC(=O)c1ccnc(N2CCCC3(CCC(=O)N(C4CCCC4)C3)C2)c1. The van der Waals surface area contributed by atoms with Crippen molar-refractivity contribution in [3.05, 3.63) is 23.9 Å². The molecule has 2 saturated heterocycles. The van der Waals surface area contributed by atoms with Gasteiger partial charge in [0, 0.05) is 56.3 Å². The maximum Gasteiger partial charge on any atom is 0.251 e. The quantitative estimate of drug-likeness (QED) is 0.888. The van der Waals surface area contributed by atoms with Gasteiger partial charge in [-0.25, -0.2) is 4.98 Å². The van der Waals surface area contributed by atoms with Gasteiger partial charge in [0.25, 0.3) is 5.91 Å². The van der Waals surface area contributed by atoms with Crippen LogP contribution in [0.5, 0.6) is 0 Å². The molecule has 1 aromatic rings. The van der Waals surface area contributed by atoms with E-state index in [0.717, 1.165) is 38.3 Å². The van der Waals surface area contributed by atoms with Crippen LogP contribution in [0, 0.1) is 5.41 Å².